The van der Waals surface area contributed by atoms with Crippen LogP contribution in [0.15, 0.2) is 24.3 Å². The zero-order valence-electron chi connectivity index (χ0n) is 11.8. The van der Waals surface area contributed by atoms with Crippen molar-refractivity contribution in [3.63, 3.8) is 0 Å². The molecule has 1 aromatic heterocycles. The van der Waals surface area contributed by atoms with Crippen molar-refractivity contribution in [1.29, 1.82) is 0 Å². The maximum atomic E-state index is 12.8. The van der Waals surface area contributed by atoms with Crippen LogP contribution in [0.25, 0.3) is 0 Å². The van der Waals surface area contributed by atoms with E-state index in [0.717, 1.165) is 43.6 Å². The Kier molecular flexibility index (Phi) is 2.74. The fourth-order valence-corrected chi connectivity index (χ4v) is 3.08. The summed E-state index contributed by atoms with van der Waals surface area (Å²) in [7, 11) is 0. The number of para-hydroxylation sites is 1. The van der Waals surface area contributed by atoms with Crippen LogP contribution in [0.1, 0.15) is 46.9 Å². The number of nitrogens with one attached hydrogen (secondary N) is 1. The molecule has 2 aromatic rings. The molecule has 1 aliphatic carbocycles. The number of benzene rings is 1. The molecule has 0 saturated heterocycles. The van der Waals surface area contributed by atoms with Crippen LogP contribution in [-0.4, -0.2) is 22.6 Å². The zero-order valence-corrected chi connectivity index (χ0v) is 11.8. The molecule has 2 aliphatic rings. The highest BCUT2D eigenvalue weighted by Gasteiger charge is 2.32. The first-order valence-electron chi connectivity index (χ1n) is 7.49. The summed E-state index contributed by atoms with van der Waals surface area (Å²) in [5.41, 5.74) is 10.2. The summed E-state index contributed by atoms with van der Waals surface area (Å²) in [4.78, 5) is 14.6. The van der Waals surface area contributed by atoms with E-state index in [4.69, 9.17) is 5.73 Å². The molecular formula is C16H18N4O. The topological polar surface area (TPSA) is 75.0 Å². The molecule has 1 aliphatic heterocycles. The van der Waals surface area contributed by atoms with Gasteiger partial charge in [-0.05, 0) is 37.3 Å². The quantitative estimate of drug-likeness (QED) is 0.888. The number of nitrogens with two attached hydrogens (primary N) is 1. The number of carbonyl (C=O) groups is 1. The monoisotopic (exact) mass is 282 g/mol. The van der Waals surface area contributed by atoms with Crippen molar-refractivity contribution in [3.8, 4) is 0 Å². The van der Waals surface area contributed by atoms with Gasteiger partial charge in [-0.3, -0.25) is 9.89 Å². The van der Waals surface area contributed by atoms with Crippen LogP contribution in [0, 0.1) is 0 Å². The predicted molar refractivity (Wildman–Crippen MR) is 81.4 cm³/mol. The number of aryl methyl sites for hydroxylation is 1. The normalized spacial score (nSPS) is 17.6. The Morgan fingerprint density at radius 2 is 2.14 bits per heavy atom. The fourth-order valence-electron chi connectivity index (χ4n) is 3.08. The van der Waals surface area contributed by atoms with E-state index in [2.05, 4.69) is 16.3 Å². The van der Waals surface area contributed by atoms with Crippen molar-refractivity contribution in [2.75, 3.05) is 17.2 Å². The van der Waals surface area contributed by atoms with Crippen molar-refractivity contribution in [2.24, 2.45) is 0 Å². The highest BCUT2D eigenvalue weighted by atomic mass is 16.2. The Hall–Kier alpha value is -2.30. The van der Waals surface area contributed by atoms with Crippen LogP contribution in [0.2, 0.25) is 0 Å². The molecule has 0 radical (unpaired) electrons. The second kappa shape index (κ2) is 4.62. The van der Waals surface area contributed by atoms with E-state index in [9.17, 15) is 4.79 Å². The molecular weight excluding hydrogens is 264 g/mol. The molecule has 21 heavy (non-hydrogen) atoms. The van der Waals surface area contributed by atoms with E-state index in [-0.39, 0.29) is 5.91 Å². The number of hydrogen-bond donors (Lipinski definition) is 2. The number of carbonyl (C=O) groups excluding carboxylic acids is 1. The number of anilines is 2. The second-order valence-electron chi connectivity index (χ2n) is 5.86. The van der Waals surface area contributed by atoms with Crippen LogP contribution >= 0.6 is 0 Å². The summed E-state index contributed by atoms with van der Waals surface area (Å²) in [6.45, 7) is 0.723. The van der Waals surface area contributed by atoms with E-state index >= 15 is 0 Å². The first kappa shape index (κ1) is 12.4. The SMILES string of the molecule is Nc1c(C(=O)N2CCCc3ccccc32)n[nH]c1C1CC1. The largest absolute Gasteiger partial charge is 0.395 e. The first-order chi connectivity index (χ1) is 10.3. The summed E-state index contributed by atoms with van der Waals surface area (Å²) < 4.78 is 0. The molecule has 0 atom stereocenters. The number of nitrogens with zero attached hydrogens (tertiary/aromatic N) is 2. The van der Waals surface area contributed by atoms with Gasteiger partial charge in [0.05, 0.1) is 11.4 Å². The van der Waals surface area contributed by atoms with Gasteiger partial charge in [-0.25, -0.2) is 0 Å². The highest BCUT2D eigenvalue weighted by Crippen LogP contribution is 2.42. The average Bonchev–Trinajstić information content (AvgIpc) is 3.29. The Balaban J connectivity index is 1.69. The van der Waals surface area contributed by atoms with E-state index in [1.54, 1.807) is 0 Å². The highest BCUT2D eigenvalue weighted by molar-refractivity contribution is 6.08. The van der Waals surface area contributed by atoms with Crippen molar-refractivity contribution >= 4 is 17.3 Å². The van der Waals surface area contributed by atoms with E-state index < -0.39 is 0 Å². The first-order valence-corrected chi connectivity index (χ1v) is 7.49. The number of amides is 1. The molecule has 0 spiro atoms. The minimum Gasteiger partial charge on any atom is -0.395 e. The van der Waals surface area contributed by atoms with Crippen molar-refractivity contribution in [3.05, 3.63) is 41.2 Å². The molecule has 1 saturated carbocycles. The molecule has 4 rings (SSSR count). The zero-order chi connectivity index (χ0) is 14.4. The molecule has 1 amide bonds. The smallest absolute Gasteiger partial charge is 0.280 e. The van der Waals surface area contributed by atoms with Gasteiger partial charge in [0.25, 0.3) is 5.91 Å². The second-order valence-corrected chi connectivity index (χ2v) is 5.86. The Bertz CT molecular complexity index is 702. The fraction of sp³-hybridized carbons (Fsp3) is 0.375. The van der Waals surface area contributed by atoms with Crippen molar-refractivity contribution in [2.45, 2.75) is 31.6 Å². The summed E-state index contributed by atoms with van der Waals surface area (Å²) in [6.07, 6.45) is 4.25. The minimum atomic E-state index is -0.0946. The summed E-state index contributed by atoms with van der Waals surface area (Å²) in [5, 5.41) is 7.14. The average molecular weight is 282 g/mol. The van der Waals surface area contributed by atoms with Gasteiger partial charge in [0.15, 0.2) is 5.69 Å². The Labute approximate surface area is 123 Å². The van der Waals surface area contributed by atoms with Gasteiger partial charge < -0.3 is 10.6 Å². The maximum absolute atomic E-state index is 12.8. The molecule has 1 fully saturated rings. The number of fused-ring (bicyclic) bond motifs is 1. The molecule has 108 valence electrons. The summed E-state index contributed by atoms with van der Waals surface area (Å²) in [6, 6.07) is 8.06. The van der Waals surface area contributed by atoms with Gasteiger partial charge in [-0.15, -0.1) is 0 Å². The molecule has 1 aromatic carbocycles. The number of aromatic nitrogens is 2. The Morgan fingerprint density at radius 1 is 1.33 bits per heavy atom. The molecule has 5 heteroatoms. The summed E-state index contributed by atoms with van der Waals surface area (Å²) in [5.74, 6) is 0.371. The van der Waals surface area contributed by atoms with Crippen molar-refractivity contribution in [1.82, 2.24) is 10.2 Å². The van der Waals surface area contributed by atoms with Crippen LogP contribution in [0.4, 0.5) is 11.4 Å². The third-order valence-electron chi connectivity index (χ3n) is 4.38. The lowest BCUT2D eigenvalue weighted by Crippen LogP contribution is -2.36. The van der Waals surface area contributed by atoms with E-state index in [1.165, 1.54) is 5.56 Å². The molecule has 0 bridgehead atoms. The van der Waals surface area contributed by atoms with Gasteiger partial charge >= 0.3 is 0 Å². The maximum Gasteiger partial charge on any atom is 0.280 e. The van der Waals surface area contributed by atoms with E-state index in [1.807, 2.05) is 23.1 Å². The third kappa shape index (κ3) is 2.00. The van der Waals surface area contributed by atoms with Gasteiger partial charge in [0.2, 0.25) is 0 Å². The predicted octanol–water partition coefficient (Wildman–Crippen LogP) is 2.46. The number of aromatic amines is 1. The van der Waals surface area contributed by atoms with Crippen LogP contribution in [-0.2, 0) is 6.42 Å². The summed E-state index contributed by atoms with van der Waals surface area (Å²) >= 11 is 0. The lowest BCUT2D eigenvalue weighted by atomic mass is 10.0. The number of nitrogen functional groups attached to an aromatic ring is 1. The molecule has 5 nitrogen and oxygen atoms in total. The van der Waals surface area contributed by atoms with Gasteiger partial charge in [-0.1, -0.05) is 18.2 Å². The van der Waals surface area contributed by atoms with Crippen LogP contribution in [0.3, 0.4) is 0 Å². The third-order valence-corrected chi connectivity index (χ3v) is 4.38. The molecule has 3 N–H and O–H groups in total. The number of H-pyrrole nitrogens is 1. The van der Waals surface area contributed by atoms with E-state index in [0.29, 0.717) is 17.3 Å². The molecule has 2 heterocycles. The lowest BCUT2D eigenvalue weighted by molar-refractivity contribution is 0.0981. The van der Waals surface area contributed by atoms with Gasteiger partial charge in [0.1, 0.15) is 0 Å². The van der Waals surface area contributed by atoms with Crippen LogP contribution in [0.5, 0.6) is 0 Å². The number of hydrogen-bond acceptors (Lipinski definition) is 3. The van der Waals surface area contributed by atoms with Gasteiger partial charge in [0, 0.05) is 18.2 Å². The molecule has 0 unspecified atom stereocenters. The number of rotatable bonds is 2. The van der Waals surface area contributed by atoms with Crippen molar-refractivity contribution < 1.29 is 4.79 Å². The minimum absolute atomic E-state index is 0.0946. The Morgan fingerprint density at radius 3 is 2.95 bits per heavy atom. The van der Waals surface area contributed by atoms with Gasteiger partial charge in [-0.2, -0.15) is 5.10 Å². The standard InChI is InChI=1S/C16H18N4O/c17-13-14(11-7-8-11)18-19-15(13)16(21)20-9-3-5-10-4-1-2-6-12(10)20/h1-2,4,6,11H,3,5,7-9,17H2,(H,18,19). The lowest BCUT2D eigenvalue weighted by Gasteiger charge is -2.28. The van der Waals surface area contributed by atoms with Crippen LogP contribution < -0.4 is 10.6 Å².